The van der Waals surface area contributed by atoms with Gasteiger partial charge in [-0.05, 0) is 27.2 Å². The predicted octanol–water partition coefficient (Wildman–Crippen LogP) is 1.67. The van der Waals surface area contributed by atoms with E-state index in [-0.39, 0.29) is 6.10 Å². The number of hydrogen-bond donors (Lipinski definition) is 0. The normalized spacial score (nSPS) is 13.2. The van der Waals surface area contributed by atoms with E-state index in [0.717, 1.165) is 6.42 Å². The highest BCUT2D eigenvalue weighted by atomic mass is 16.6. The van der Waals surface area contributed by atoms with E-state index in [0.29, 0.717) is 0 Å². The van der Waals surface area contributed by atoms with Gasteiger partial charge in [0, 0.05) is 6.92 Å². The fourth-order valence-corrected chi connectivity index (χ4v) is 0.809. The first kappa shape index (κ1) is 12.9. The summed E-state index contributed by atoms with van der Waals surface area (Å²) in [6.45, 7) is 8.00. The fourth-order valence-electron chi connectivity index (χ4n) is 0.809. The second-order valence-corrected chi connectivity index (χ2v) is 3.73. The zero-order chi connectivity index (χ0) is 11.4. The van der Waals surface area contributed by atoms with Crippen LogP contribution in [0.1, 0.15) is 41.0 Å². The Morgan fingerprint density at radius 1 is 1.36 bits per heavy atom. The number of carbonyl (C=O) groups is 2. The van der Waals surface area contributed by atoms with Gasteiger partial charge in [-0.1, -0.05) is 6.92 Å². The van der Waals surface area contributed by atoms with Crippen molar-refractivity contribution >= 4 is 11.9 Å². The van der Waals surface area contributed by atoms with Gasteiger partial charge < -0.3 is 9.47 Å². The fraction of sp³-hybridized carbons (Fsp3) is 0.800. The van der Waals surface area contributed by atoms with Crippen molar-refractivity contribution in [2.24, 2.45) is 0 Å². The average molecular weight is 202 g/mol. The van der Waals surface area contributed by atoms with Crippen molar-refractivity contribution in [1.29, 1.82) is 0 Å². The monoisotopic (exact) mass is 202 g/mol. The summed E-state index contributed by atoms with van der Waals surface area (Å²) in [6, 6.07) is 0. The first-order valence-corrected chi connectivity index (χ1v) is 4.70. The molecule has 0 rings (SSSR count). The molecule has 82 valence electrons. The summed E-state index contributed by atoms with van der Waals surface area (Å²) in [5, 5.41) is 0. The van der Waals surface area contributed by atoms with Gasteiger partial charge >= 0.3 is 11.9 Å². The molecule has 0 aliphatic carbocycles. The molecule has 0 N–H and O–H groups in total. The zero-order valence-electron chi connectivity index (χ0n) is 9.42. The molecule has 0 radical (unpaired) electrons. The zero-order valence-corrected chi connectivity index (χ0v) is 9.42. The summed E-state index contributed by atoms with van der Waals surface area (Å²) < 4.78 is 9.88. The van der Waals surface area contributed by atoms with E-state index in [2.05, 4.69) is 0 Å². The average Bonchev–Trinajstić information content (AvgIpc) is 2.01. The quantitative estimate of drug-likeness (QED) is 0.651. The molecule has 0 fully saturated rings. The topological polar surface area (TPSA) is 52.6 Å². The Hall–Kier alpha value is -1.06. The highest BCUT2D eigenvalue weighted by Gasteiger charge is 2.33. The van der Waals surface area contributed by atoms with Crippen LogP contribution in [-0.4, -0.2) is 23.6 Å². The van der Waals surface area contributed by atoms with Crippen molar-refractivity contribution < 1.29 is 19.1 Å². The number of ether oxygens (including phenoxy) is 2. The molecule has 0 heterocycles. The Morgan fingerprint density at radius 2 is 1.86 bits per heavy atom. The molecule has 0 amide bonds. The molecular formula is C10H18O4. The molecule has 0 saturated heterocycles. The first-order valence-electron chi connectivity index (χ1n) is 4.70. The number of esters is 2. The molecule has 0 bridgehead atoms. The van der Waals surface area contributed by atoms with E-state index in [1.54, 1.807) is 6.92 Å². The van der Waals surface area contributed by atoms with Crippen molar-refractivity contribution in [3.8, 4) is 0 Å². The molecule has 4 nitrogen and oxygen atoms in total. The van der Waals surface area contributed by atoms with Gasteiger partial charge in [0.25, 0.3) is 0 Å². The molecule has 0 spiro atoms. The van der Waals surface area contributed by atoms with Crippen molar-refractivity contribution in [2.75, 3.05) is 0 Å². The maximum absolute atomic E-state index is 11.5. The van der Waals surface area contributed by atoms with Crippen LogP contribution in [0.4, 0.5) is 0 Å². The second kappa shape index (κ2) is 4.98. The Morgan fingerprint density at radius 3 is 2.21 bits per heavy atom. The highest BCUT2D eigenvalue weighted by Crippen LogP contribution is 2.13. The largest absolute Gasteiger partial charge is 0.460 e. The van der Waals surface area contributed by atoms with Crippen molar-refractivity contribution in [3.05, 3.63) is 0 Å². The minimum Gasteiger partial charge on any atom is -0.460 e. The van der Waals surface area contributed by atoms with E-state index in [1.165, 1.54) is 20.8 Å². The highest BCUT2D eigenvalue weighted by molar-refractivity contribution is 5.82. The van der Waals surface area contributed by atoms with Gasteiger partial charge in [-0.2, -0.15) is 0 Å². The van der Waals surface area contributed by atoms with Gasteiger partial charge in [0.1, 0.15) is 0 Å². The van der Waals surface area contributed by atoms with Gasteiger partial charge in [0.05, 0.1) is 6.10 Å². The number of hydrogen-bond acceptors (Lipinski definition) is 4. The summed E-state index contributed by atoms with van der Waals surface area (Å²) in [5.41, 5.74) is -1.20. The van der Waals surface area contributed by atoms with Crippen LogP contribution in [0, 0.1) is 0 Å². The van der Waals surface area contributed by atoms with E-state index in [9.17, 15) is 9.59 Å². The lowest BCUT2D eigenvalue weighted by Crippen LogP contribution is -2.39. The smallest absolute Gasteiger partial charge is 0.350 e. The molecule has 4 heteroatoms. The van der Waals surface area contributed by atoms with Crippen molar-refractivity contribution in [2.45, 2.75) is 52.7 Å². The van der Waals surface area contributed by atoms with Gasteiger partial charge in [0.15, 0.2) is 0 Å². The first-order chi connectivity index (χ1) is 6.29. The van der Waals surface area contributed by atoms with Crippen LogP contribution >= 0.6 is 0 Å². The maximum atomic E-state index is 11.5. The Bertz CT molecular complexity index is 220. The van der Waals surface area contributed by atoms with Crippen LogP contribution in [0.25, 0.3) is 0 Å². The lowest BCUT2D eigenvalue weighted by molar-refractivity contribution is -0.180. The lowest BCUT2D eigenvalue weighted by atomic mass is 10.1. The van der Waals surface area contributed by atoms with Crippen LogP contribution in [0.2, 0.25) is 0 Å². The summed E-state index contributed by atoms with van der Waals surface area (Å²) in [5.74, 6) is -1.00. The van der Waals surface area contributed by atoms with E-state index < -0.39 is 17.5 Å². The van der Waals surface area contributed by atoms with Crippen LogP contribution in [0.5, 0.6) is 0 Å². The molecule has 1 unspecified atom stereocenters. The van der Waals surface area contributed by atoms with Gasteiger partial charge in [0.2, 0.25) is 5.60 Å². The minimum atomic E-state index is -1.20. The summed E-state index contributed by atoms with van der Waals surface area (Å²) >= 11 is 0. The van der Waals surface area contributed by atoms with Gasteiger partial charge in [-0.15, -0.1) is 0 Å². The lowest BCUT2D eigenvalue weighted by Gasteiger charge is -2.24. The molecule has 0 aliphatic heterocycles. The van der Waals surface area contributed by atoms with Crippen LogP contribution < -0.4 is 0 Å². The Labute approximate surface area is 84.6 Å². The van der Waals surface area contributed by atoms with Crippen LogP contribution in [0.3, 0.4) is 0 Å². The van der Waals surface area contributed by atoms with Crippen LogP contribution in [0.15, 0.2) is 0 Å². The Kier molecular flexibility index (Phi) is 4.60. The molecular weight excluding hydrogens is 184 g/mol. The third-order valence-electron chi connectivity index (χ3n) is 1.77. The molecule has 0 aromatic rings. The summed E-state index contributed by atoms with van der Waals surface area (Å²) in [4.78, 5) is 22.2. The molecule has 0 aromatic heterocycles. The van der Waals surface area contributed by atoms with Gasteiger partial charge in [-0.25, -0.2) is 4.79 Å². The SMILES string of the molecule is CCC(C)OC(=O)C(C)(C)OC(C)=O. The van der Waals surface area contributed by atoms with E-state index in [4.69, 9.17) is 9.47 Å². The standard InChI is InChI=1S/C10H18O4/c1-6-7(2)13-9(12)10(4,5)14-8(3)11/h7H,6H2,1-5H3. The van der Waals surface area contributed by atoms with Gasteiger partial charge in [-0.3, -0.25) is 4.79 Å². The van der Waals surface area contributed by atoms with Crippen molar-refractivity contribution in [3.63, 3.8) is 0 Å². The van der Waals surface area contributed by atoms with Crippen LogP contribution in [-0.2, 0) is 19.1 Å². The minimum absolute atomic E-state index is 0.155. The summed E-state index contributed by atoms with van der Waals surface area (Å²) in [6.07, 6.45) is 0.583. The maximum Gasteiger partial charge on any atom is 0.350 e. The number of rotatable bonds is 4. The Balaban J connectivity index is 4.28. The third kappa shape index (κ3) is 4.25. The van der Waals surface area contributed by atoms with E-state index in [1.807, 2.05) is 6.92 Å². The summed E-state index contributed by atoms with van der Waals surface area (Å²) in [7, 11) is 0. The number of carbonyl (C=O) groups excluding carboxylic acids is 2. The van der Waals surface area contributed by atoms with Crippen molar-refractivity contribution in [1.82, 2.24) is 0 Å². The molecule has 0 saturated carbocycles. The molecule has 14 heavy (non-hydrogen) atoms. The molecule has 1 atom stereocenters. The molecule has 0 aromatic carbocycles. The third-order valence-corrected chi connectivity index (χ3v) is 1.77. The van der Waals surface area contributed by atoms with E-state index >= 15 is 0 Å². The second-order valence-electron chi connectivity index (χ2n) is 3.73. The predicted molar refractivity (Wildman–Crippen MR) is 51.7 cm³/mol. The molecule has 0 aliphatic rings.